The molecule has 0 fully saturated rings. The number of hydrogen-bond donors (Lipinski definition) is 2. The molecule has 1 aromatic carbocycles. The van der Waals surface area contributed by atoms with E-state index in [1.165, 1.54) is 0 Å². The molecule has 0 unspecified atom stereocenters. The van der Waals surface area contributed by atoms with Gasteiger partial charge in [0.05, 0.1) is 5.69 Å². The Morgan fingerprint density at radius 1 is 1.40 bits per heavy atom. The van der Waals surface area contributed by atoms with Gasteiger partial charge in [-0.25, -0.2) is 13.8 Å². The summed E-state index contributed by atoms with van der Waals surface area (Å²) in [4.78, 5) is 15.9. The van der Waals surface area contributed by atoms with Gasteiger partial charge in [-0.3, -0.25) is 9.89 Å². The molecular weight excluding hydrogens is 334 g/mol. The van der Waals surface area contributed by atoms with Crippen LogP contribution < -0.4 is 5.32 Å². The molecule has 0 saturated heterocycles. The van der Waals surface area contributed by atoms with Crippen molar-refractivity contribution in [1.82, 2.24) is 15.2 Å². The van der Waals surface area contributed by atoms with E-state index in [4.69, 9.17) is 0 Å². The number of halogens is 3. The van der Waals surface area contributed by atoms with Crippen LogP contribution in [0, 0.1) is 11.6 Å². The standard InChI is InChI=1S/C12H11BrF2N4O/c1-5(2)10-17-11(19-18-10)12(20)16-9-7(13)3-6(14)4-8(9)15/h3-5H,1-2H3,(H,16,20)(H,17,18,19). The van der Waals surface area contributed by atoms with Gasteiger partial charge >= 0.3 is 0 Å². The SMILES string of the molecule is CC(C)c1nc(C(=O)Nc2c(F)cc(F)cc2Br)n[nH]1. The number of benzene rings is 1. The molecule has 0 aliphatic carbocycles. The molecule has 106 valence electrons. The van der Waals surface area contributed by atoms with Crippen LogP contribution in [0.4, 0.5) is 14.5 Å². The van der Waals surface area contributed by atoms with Crippen molar-refractivity contribution in [1.29, 1.82) is 0 Å². The van der Waals surface area contributed by atoms with Gasteiger partial charge in [0.15, 0.2) is 5.82 Å². The molecule has 0 radical (unpaired) electrons. The number of carbonyl (C=O) groups is 1. The van der Waals surface area contributed by atoms with Crippen molar-refractivity contribution >= 4 is 27.5 Å². The summed E-state index contributed by atoms with van der Waals surface area (Å²) in [7, 11) is 0. The van der Waals surface area contributed by atoms with Gasteiger partial charge in [0, 0.05) is 16.5 Å². The Bertz CT molecular complexity index is 634. The van der Waals surface area contributed by atoms with Gasteiger partial charge in [0.25, 0.3) is 5.91 Å². The molecule has 8 heteroatoms. The van der Waals surface area contributed by atoms with E-state index in [1.54, 1.807) is 0 Å². The highest BCUT2D eigenvalue weighted by atomic mass is 79.9. The van der Waals surface area contributed by atoms with E-state index in [2.05, 4.69) is 36.4 Å². The van der Waals surface area contributed by atoms with Crippen LogP contribution in [0.5, 0.6) is 0 Å². The van der Waals surface area contributed by atoms with Crippen LogP contribution in [0.2, 0.25) is 0 Å². The number of H-pyrrole nitrogens is 1. The molecule has 1 aromatic heterocycles. The molecule has 0 aliphatic heterocycles. The highest BCUT2D eigenvalue weighted by molar-refractivity contribution is 9.10. The molecule has 5 nitrogen and oxygen atoms in total. The summed E-state index contributed by atoms with van der Waals surface area (Å²) < 4.78 is 26.6. The third-order valence-electron chi connectivity index (χ3n) is 2.50. The molecular formula is C12H11BrF2N4O. The van der Waals surface area contributed by atoms with E-state index in [1.807, 2.05) is 13.8 Å². The summed E-state index contributed by atoms with van der Waals surface area (Å²) in [6.45, 7) is 3.77. The highest BCUT2D eigenvalue weighted by Crippen LogP contribution is 2.27. The lowest BCUT2D eigenvalue weighted by Crippen LogP contribution is -2.15. The van der Waals surface area contributed by atoms with E-state index in [0.717, 1.165) is 6.07 Å². The van der Waals surface area contributed by atoms with Gasteiger partial charge in [-0.1, -0.05) is 13.8 Å². The van der Waals surface area contributed by atoms with Crippen LogP contribution in [-0.4, -0.2) is 21.1 Å². The third kappa shape index (κ3) is 3.01. The lowest BCUT2D eigenvalue weighted by molar-refractivity contribution is 0.101. The Kier molecular flexibility index (Phi) is 4.12. The van der Waals surface area contributed by atoms with Gasteiger partial charge < -0.3 is 5.32 Å². The second-order valence-electron chi connectivity index (χ2n) is 4.40. The zero-order valence-electron chi connectivity index (χ0n) is 10.7. The van der Waals surface area contributed by atoms with Gasteiger partial charge in [-0.05, 0) is 22.0 Å². The van der Waals surface area contributed by atoms with Crippen LogP contribution in [0.25, 0.3) is 0 Å². The van der Waals surface area contributed by atoms with Gasteiger partial charge in [0.1, 0.15) is 11.6 Å². The van der Waals surface area contributed by atoms with Crippen LogP contribution in [-0.2, 0) is 0 Å². The smallest absolute Gasteiger partial charge is 0.295 e. The number of hydrogen-bond acceptors (Lipinski definition) is 3. The second kappa shape index (κ2) is 5.66. The van der Waals surface area contributed by atoms with Crippen molar-refractivity contribution < 1.29 is 13.6 Å². The van der Waals surface area contributed by atoms with Crippen molar-refractivity contribution in [2.45, 2.75) is 19.8 Å². The predicted molar refractivity (Wildman–Crippen MR) is 72.5 cm³/mol. The number of aromatic amines is 1. The zero-order valence-corrected chi connectivity index (χ0v) is 12.3. The topological polar surface area (TPSA) is 70.7 Å². The fourth-order valence-corrected chi connectivity index (χ4v) is 1.97. The summed E-state index contributed by atoms with van der Waals surface area (Å²) in [6, 6.07) is 1.73. The minimum atomic E-state index is -0.884. The first-order valence-electron chi connectivity index (χ1n) is 5.76. The van der Waals surface area contributed by atoms with Gasteiger partial charge in [-0.15, -0.1) is 5.10 Å². The Balaban J connectivity index is 2.23. The van der Waals surface area contributed by atoms with E-state index >= 15 is 0 Å². The van der Waals surface area contributed by atoms with E-state index in [-0.39, 0.29) is 21.9 Å². The first-order chi connectivity index (χ1) is 9.38. The monoisotopic (exact) mass is 344 g/mol. The molecule has 20 heavy (non-hydrogen) atoms. The Morgan fingerprint density at radius 2 is 2.10 bits per heavy atom. The summed E-state index contributed by atoms with van der Waals surface area (Å²) in [5.41, 5.74) is -0.160. The second-order valence-corrected chi connectivity index (χ2v) is 5.25. The number of amides is 1. The molecule has 0 bridgehead atoms. The van der Waals surface area contributed by atoms with E-state index in [9.17, 15) is 13.6 Å². The first kappa shape index (κ1) is 14.6. The van der Waals surface area contributed by atoms with Crippen molar-refractivity contribution in [3.05, 3.63) is 39.9 Å². The lowest BCUT2D eigenvalue weighted by atomic mass is 10.2. The summed E-state index contributed by atoms with van der Waals surface area (Å²) in [5.74, 6) is -1.78. The number of nitrogens with zero attached hydrogens (tertiary/aromatic N) is 2. The summed E-state index contributed by atoms with van der Waals surface area (Å²) in [5, 5.41) is 8.68. The quantitative estimate of drug-likeness (QED) is 0.897. The van der Waals surface area contributed by atoms with Crippen molar-refractivity contribution in [3.8, 4) is 0 Å². The molecule has 0 spiro atoms. The Labute approximate surface area is 121 Å². The fourth-order valence-electron chi connectivity index (χ4n) is 1.47. The van der Waals surface area contributed by atoms with Crippen molar-refractivity contribution in [3.63, 3.8) is 0 Å². The average Bonchev–Trinajstić information content (AvgIpc) is 2.83. The molecule has 0 atom stereocenters. The third-order valence-corrected chi connectivity index (χ3v) is 3.12. The maximum absolute atomic E-state index is 13.6. The molecule has 2 rings (SSSR count). The average molecular weight is 345 g/mol. The van der Waals surface area contributed by atoms with E-state index in [0.29, 0.717) is 11.9 Å². The van der Waals surface area contributed by atoms with Crippen LogP contribution >= 0.6 is 15.9 Å². The van der Waals surface area contributed by atoms with Crippen LogP contribution in [0.1, 0.15) is 36.2 Å². The fraction of sp³-hybridized carbons (Fsp3) is 0.250. The first-order valence-corrected chi connectivity index (χ1v) is 6.56. The summed E-state index contributed by atoms with van der Waals surface area (Å²) >= 11 is 2.98. The maximum atomic E-state index is 13.6. The minimum Gasteiger partial charge on any atom is -0.316 e. The predicted octanol–water partition coefficient (Wildman–Crippen LogP) is 3.22. The lowest BCUT2D eigenvalue weighted by Gasteiger charge is -2.06. The largest absolute Gasteiger partial charge is 0.316 e. The number of carbonyl (C=O) groups excluding carboxylic acids is 1. The van der Waals surface area contributed by atoms with Crippen molar-refractivity contribution in [2.75, 3.05) is 5.32 Å². The maximum Gasteiger partial charge on any atom is 0.295 e. The van der Waals surface area contributed by atoms with Gasteiger partial charge in [0.2, 0.25) is 5.82 Å². The van der Waals surface area contributed by atoms with Crippen molar-refractivity contribution in [2.24, 2.45) is 0 Å². The number of nitrogens with one attached hydrogen (secondary N) is 2. The summed E-state index contributed by atoms with van der Waals surface area (Å²) in [6.07, 6.45) is 0. The number of anilines is 1. The normalized spacial score (nSPS) is 10.9. The molecule has 2 N–H and O–H groups in total. The highest BCUT2D eigenvalue weighted by Gasteiger charge is 2.18. The zero-order chi connectivity index (χ0) is 14.9. The van der Waals surface area contributed by atoms with Crippen LogP contribution in [0.3, 0.4) is 0 Å². The van der Waals surface area contributed by atoms with Crippen LogP contribution in [0.15, 0.2) is 16.6 Å². The van der Waals surface area contributed by atoms with E-state index < -0.39 is 17.5 Å². The van der Waals surface area contributed by atoms with Gasteiger partial charge in [-0.2, -0.15) is 0 Å². The number of aromatic nitrogens is 3. The molecule has 1 heterocycles. The molecule has 2 aromatic rings. The Morgan fingerprint density at radius 3 is 2.65 bits per heavy atom. The number of rotatable bonds is 3. The molecule has 0 saturated carbocycles. The Hall–Kier alpha value is -1.83. The molecule has 0 aliphatic rings. The minimum absolute atomic E-state index is 0.0818. The molecule has 1 amide bonds.